The van der Waals surface area contributed by atoms with Gasteiger partial charge in [-0.3, -0.25) is 4.79 Å². The average molecular weight is 226 g/mol. The molecule has 0 bridgehead atoms. The zero-order chi connectivity index (χ0) is 12.0. The smallest absolute Gasteiger partial charge is 0.234 e. The van der Waals surface area contributed by atoms with Gasteiger partial charge < -0.3 is 11.1 Å². The third-order valence-electron chi connectivity index (χ3n) is 3.80. The normalized spacial score (nSPS) is 27.6. The van der Waals surface area contributed by atoms with Crippen LogP contribution in [0.4, 0.5) is 0 Å². The first-order valence-corrected chi connectivity index (χ1v) is 6.66. The molecule has 0 saturated heterocycles. The van der Waals surface area contributed by atoms with Crippen LogP contribution in [0.1, 0.15) is 52.4 Å². The molecule has 3 nitrogen and oxygen atoms in total. The molecular weight excluding hydrogens is 200 g/mol. The molecule has 1 amide bonds. The predicted octanol–water partition coefficient (Wildman–Crippen LogP) is 2.06. The summed E-state index contributed by atoms with van der Waals surface area (Å²) in [5, 5.41) is 3.22. The monoisotopic (exact) mass is 226 g/mol. The van der Waals surface area contributed by atoms with Gasteiger partial charge >= 0.3 is 0 Å². The lowest BCUT2D eigenvalue weighted by Crippen LogP contribution is -2.41. The first kappa shape index (κ1) is 13.5. The Morgan fingerprint density at radius 2 is 1.88 bits per heavy atom. The van der Waals surface area contributed by atoms with Crippen molar-refractivity contribution < 1.29 is 4.79 Å². The van der Waals surface area contributed by atoms with Crippen LogP contribution in [0.5, 0.6) is 0 Å². The van der Waals surface area contributed by atoms with Gasteiger partial charge in [-0.15, -0.1) is 0 Å². The summed E-state index contributed by atoms with van der Waals surface area (Å²) in [4.78, 5) is 10.9. The molecule has 3 N–H and O–H groups in total. The van der Waals surface area contributed by atoms with Crippen molar-refractivity contribution in [2.45, 2.75) is 58.4 Å². The highest BCUT2D eigenvalue weighted by Gasteiger charge is 2.21. The molecular formula is C13H26N2O. The zero-order valence-electron chi connectivity index (χ0n) is 10.7. The van der Waals surface area contributed by atoms with Crippen molar-refractivity contribution in [3.8, 4) is 0 Å². The molecule has 94 valence electrons. The lowest BCUT2D eigenvalue weighted by Gasteiger charge is -2.29. The standard InChI is InChI=1S/C13H26N2O/c1-3-4-11-5-7-12(8-6-11)9-15-10(2)13(14)16/h10-12,15H,3-9H2,1-2H3,(H2,14,16). The van der Waals surface area contributed by atoms with Gasteiger partial charge in [0.2, 0.25) is 5.91 Å². The van der Waals surface area contributed by atoms with Crippen LogP contribution < -0.4 is 11.1 Å². The molecule has 0 aromatic carbocycles. The van der Waals surface area contributed by atoms with Gasteiger partial charge in [0.1, 0.15) is 0 Å². The molecule has 16 heavy (non-hydrogen) atoms. The van der Waals surface area contributed by atoms with Crippen LogP contribution in [0.25, 0.3) is 0 Å². The number of hydrogen-bond donors (Lipinski definition) is 2. The third-order valence-corrected chi connectivity index (χ3v) is 3.80. The fraction of sp³-hybridized carbons (Fsp3) is 0.923. The largest absolute Gasteiger partial charge is 0.368 e. The van der Waals surface area contributed by atoms with E-state index in [1.54, 1.807) is 0 Å². The minimum Gasteiger partial charge on any atom is -0.368 e. The van der Waals surface area contributed by atoms with Crippen LogP contribution in [0, 0.1) is 11.8 Å². The van der Waals surface area contributed by atoms with E-state index in [1.807, 2.05) is 6.92 Å². The lowest BCUT2D eigenvalue weighted by molar-refractivity contribution is -0.119. The molecule has 1 aliphatic carbocycles. The summed E-state index contributed by atoms with van der Waals surface area (Å²) in [7, 11) is 0. The summed E-state index contributed by atoms with van der Waals surface area (Å²) >= 11 is 0. The lowest BCUT2D eigenvalue weighted by atomic mass is 9.80. The van der Waals surface area contributed by atoms with Crippen molar-refractivity contribution in [3.63, 3.8) is 0 Å². The number of nitrogens with one attached hydrogen (secondary N) is 1. The third kappa shape index (κ3) is 4.52. The summed E-state index contributed by atoms with van der Waals surface area (Å²) < 4.78 is 0. The Bertz CT molecular complexity index is 210. The molecule has 1 aliphatic rings. The summed E-state index contributed by atoms with van der Waals surface area (Å²) in [5.41, 5.74) is 5.21. The SMILES string of the molecule is CCCC1CCC(CNC(C)C(N)=O)CC1. The Morgan fingerprint density at radius 1 is 1.31 bits per heavy atom. The van der Waals surface area contributed by atoms with Gasteiger partial charge in [-0.25, -0.2) is 0 Å². The van der Waals surface area contributed by atoms with Gasteiger partial charge in [0.15, 0.2) is 0 Å². The van der Waals surface area contributed by atoms with Crippen molar-refractivity contribution in [2.75, 3.05) is 6.54 Å². The molecule has 3 heteroatoms. The molecule has 0 heterocycles. The summed E-state index contributed by atoms with van der Waals surface area (Å²) in [5.74, 6) is 1.45. The molecule has 1 saturated carbocycles. The second-order valence-electron chi connectivity index (χ2n) is 5.21. The highest BCUT2D eigenvalue weighted by Crippen LogP contribution is 2.31. The molecule has 1 unspecified atom stereocenters. The topological polar surface area (TPSA) is 55.1 Å². The zero-order valence-corrected chi connectivity index (χ0v) is 10.7. The van der Waals surface area contributed by atoms with Crippen LogP contribution >= 0.6 is 0 Å². The highest BCUT2D eigenvalue weighted by molar-refractivity contribution is 5.79. The van der Waals surface area contributed by atoms with Crippen LogP contribution in [0.3, 0.4) is 0 Å². The van der Waals surface area contributed by atoms with Gasteiger partial charge in [-0.1, -0.05) is 32.6 Å². The maximum absolute atomic E-state index is 10.9. The summed E-state index contributed by atoms with van der Waals surface area (Å²) in [6.45, 7) is 5.05. The predicted molar refractivity (Wildman–Crippen MR) is 67.0 cm³/mol. The second kappa shape index (κ2) is 6.89. The van der Waals surface area contributed by atoms with E-state index in [1.165, 1.54) is 38.5 Å². The number of rotatable bonds is 6. The first-order chi connectivity index (χ1) is 7.63. The summed E-state index contributed by atoms with van der Waals surface area (Å²) in [6, 6.07) is -0.187. The Kier molecular flexibility index (Phi) is 5.81. The summed E-state index contributed by atoms with van der Waals surface area (Å²) in [6.07, 6.45) is 8.05. The van der Waals surface area contributed by atoms with E-state index in [0.29, 0.717) is 0 Å². The van der Waals surface area contributed by atoms with Crippen molar-refractivity contribution >= 4 is 5.91 Å². The molecule has 1 fully saturated rings. The van der Waals surface area contributed by atoms with Crippen molar-refractivity contribution in [2.24, 2.45) is 17.6 Å². The van der Waals surface area contributed by atoms with Gasteiger partial charge in [0.25, 0.3) is 0 Å². The van der Waals surface area contributed by atoms with Crippen LogP contribution in [0.15, 0.2) is 0 Å². The Hall–Kier alpha value is -0.570. The number of amides is 1. The molecule has 0 spiro atoms. The number of carbonyl (C=O) groups excluding carboxylic acids is 1. The number of nitrogens with two attached hydrogens (primary N) is 1. The van der Waals surface area contributed by atoms with Crippen molar-refractivity contribution in [1.29, 1.82) is 0 Å². The second-order valence-corrected chi connectivity index (χ2v) is 5.21. The van der Waals surface area contributed by atoms with Crippen molar-refractivity contribution in [1.82, 2.24) is 5.32 Å². The maximum atomic E-state index is 10.9. The average Bonchev–Trinajstić information content (AvgIpc) is 2.28. The minimum absolute atomic E-state index is 0.187. The van der Waals surface area contributed by atoms with Gasteiger partial charge in [-0.2, -0.15) is 0 Å². The van der Waals surface area contributed by atoms with E-state index < -0.39 is 0 Å². The van der Waals surface area contributed by atoms with E-state index in [-0.39, 0.29) is 11.9 Å². The highest BCUT2D eigenvalue weighted by atomic mass is 16.1. The van der Waals surface area contributed by atoms with E-state index in [4.69, 9.17) is 5.73 Å². The van der Waals surface area contributed by atoms with E-state index in [9.17, 15) is 4.79 Å². The first-order valence-electron chi connectivity index (χ1n) is 6.66. The fourth-order valence-electron chi connectivity index (χ4n) is 2.58. The Balaban J connectivity index is 2.14. The van der Waals surface area contributed by atoms with Crippen LogP contribution in [0.2, 0.25) is 0 Å². The number of primary amides is 1. The minimum atomic E-state index is -0.250. The van der Waals surface area contributed by atoms with Gasteiger partial charge in [0, 0.05) is 0 Å². The van der Waals surface area contributed by atoms with Gasteiger partial charge in [0.05, 0.1) is 6.04 Å². The molecule has 0 radical (unpaired) electrons. The van der Waals surface area contributed by atoms with Crippen molar-refractivity contribution in [3.05, 3.63) is 0 Å². The van der Waals surface area contributed by atoms with E-state index in [2.05, 4.69) is 12.2 Å². The van der Waals surface area contributed by atoms with Crippen LogP contribution in [-0.4, -0.2) is 18.5 Å². The number of carbonyl (C=O) groups is 1. The molecule has 0 aromatic heterocycles. The number of hydrogen-bond acceptors (Lipinski definition) is 2. The Labute approximate surface area is 99.2 Å². The van der Waals surface area contributed by atoms with Gasteiger partial charge in [-0.05, 0) is 38.1 Å². The Morgan fingerprint density at radius 3 is 2.38 bits per heavy atom. The molecule has 0 aliphatic heterocycles. The quantitative estimate of drug-likeness (QED) is 0.728. The molecule has 1 rings (SSSR count). The van der Waals surface area contributed by atoms with E-state index >= 15 is 0 Å². The molecule has 0 aromatic rings. The maximum Gasteiger partial charge on any atom is 0.234 e. The fourth-order valence-corrected chi connectivity index (χ4v) is 2.58. The van der Waals surface area contributed by atoms with E-state index in [0.717, 1.165) is 18.4 Å². The molecule has 1 atom stereocenters. The van der Waals surface area contributed by atoms with Crippen LogP contribution in [-0.2, 0) is 4.79 Å².